The predicted molar refractivity (Wildman–Crippen MR) is 169 cm³/mol. The first-order valence-corrected chi connectivity index (χ1v) is 16.0. The topological polar surface area (TPSA) is 202 Å². The van der Waals surface area contributed by atoms with Gasteiger partial charge in [0.25, 0.3) is 0 Å². The Balaban J connectivity index is 0.000000201. The van der Waals surface area contributed by atoms with Gasteiger partial charge in [0.15, 0.2) is 18.3 Å². The van der Waals surface area contributed by atoms with Gasteiger partial charge < -0.3 is 54.0 Å². The highest BCUT2D eigenvalue weighted by atomic mass is 16.7. The molecule has 0 radical (unpaired) electrons. The molecule has 2 aliphatic carbocycles. The number of morpholine rings is 1. The van der Waals surface area contributed by atoms with Crippen molar-refractivity contribution in [2.75, 3.05) is 40.6 Å². The summed E-state index contributed by atoms with van der Waals surface area (Å²) in [6.07, 6.45) is -0.771. The Labute approximate surface area is 278 Å². The van der Waals surface area contributed by atoms with E-state index in [-0.39, 0.29) is 83.3 Å². The van der Waals surface area contributed by atoms with Gasteiger partial charge in [0.1, 0.15) is 29.6 Å². The number of hydrogen-bond acceptors (Lipinski definition) is 14. The first kappa shape index (κ1) is 37.4. The zero-order valence-electron chi connectivity index (χ0n) is 27.7. The maximum absolute atomic E-state index is 13.0. The number of benzene rings is 2. The molecule has 6 unspecified atom stereocenters. The van der Waals surface area contributed by atoms with Gasteiger partial charge in [-0.1, -0.05) is 26.0 Å². The number of carbonyl (C=O) groups is 3. The number of nitrogens with zero attached hydrogens (tertiary/aromatic N) is 1. The van der Waals surface area contributed by atoms with Gasteiger partial charge in [0, 0.05) is 55.8 Å². The number of fused-ring (bicyclic) bond motifs is 6. The van der Waals surface area contributed by atoms with E-state index < -0.39 is 35.3 Å². The molecule has 7 rings (SSSR count). The fourth-order valence-electron chi connectivity index (χ4n) is 6.86. The lowest BCUT2D eigenvalue weighted by atomic mass is 9.76. The lowest BCUT2D eigenvalue weighted by Crippen LogP contribution is -2.53. The third kappa shape index (κ3) is 6.84. The van der Waals surface area contributed by atoms with Crippen LogP contribution in [-0.4, -0.2) is 126 Å². The molecule has 264 valence electrons. The number of aliphatic hydroxyl groups is 3. The molecule has 14 heteroatoms. The monoisotopic (exact) mass is 675 g/mol. The third-order valence-corrected chi connectivity index (χ3v) is 8.89. The Morgan fingerprint density at radius 1 is 1.00 bits per heavy atom. The molecule has 5 N–H and O–H groups in total. The molecule has 5 aliphatic rings. The van der Waals surface area contributed by atoms with Crippen molar-refractivity contribution in [2.24, 2.45) is 0 Å². The molecule has 7 atom stereocenters. The van der Waals surface area contributed by atoms with Crippen LogP contribution in [0, 0.1) is 0 Å². The maximum atomic E-state index is 13.0. The van der Waals surface area contributed by atoms with Crippen LogP contribution in [0.5, 0.6) is 17.2 Å². The maximum Gasteiger partial charge on any atom is 0.202 e. The highest BCUT2D eigenvalue weighted by Gasteiger charge is 2.51. The van der Waals surface area contributed by atoms with Crippen molar-refractivity contribution in [3.63, 3.8) is 0 Å². The van der Waals surface area contributed by atoms with E-state index in [1.165, 1.54) is 19.2 Å². The minimum atomic E-state index is -1.26. The second-order valence-electron chi connectivity index (χ2n) is 11.5. The van der Waals surface area contributed by atoms with Gasteiger partial charge in [-0.25, -0.2) is 0 Å². The van der Waals surface area contributed by atoms with Crippen molar-refractivity contribution < 1.29 is 63.6 Å². The molecule has 3 heterocycles. The summed E-state index contributed by atoms with van der Waals surface area (Å²) in [7, 11) is 3.03. The van der Waals surface area contributed by atoms with Crippen molar-refractivity contribution >= 4 is 17.9 Å². The summed E-state index contributed by atoms with van der Waals surface area (Å²) in [5, 5.41) is 48.9. The van der Waals surface area contributed by atoms with E-state index in [1.54, 1.807) is 13.2 Å². The number of aromatic hydroxyl groups is 2. The summed E-state index contributed by atoms with van der Waals surface area (Å²) in [5.74, 6) is -2.14. The number of ether oxygens (including phenoxy) is 5. The van der Waals surface area contributed by atoms with E-state index in [0.29, 0.717) is 12.3 Å². The van der Waals surface area contributed by atoms with Crippen molar-refractivity contribution in [2.45, 2.75) is 83.0 Å². The number of phenols is 2. The normalized spacial score (nSPS) is 28.3. The van der Waals surface area contributed by atoms with Crippen LogP contribution in [-0.2, 0) is 30.2 Å². The minimum Gasteiger partial charge on any atom is -0.507 e. The standard InChI is InChI=1S/C19H16O7.C11H19NO4.C2H4O2.C2H6/c1-26-11-4-2-3-8-13(11)19(25)15-14(16(8)22)17(23)9-5-7(20)6-10(21)12(9)18(15)24;1-7-9-8(3-5-14-7)12-4-6-15-11(13-2)10(12)16-9;3-1-2-4;1-2/h2-4,7,10,20-21,23-24H,5-6H2,1H3;7-11H,3-6H2,1-2H3;1,4H,2H2;1-2H3/t;7?,8?,9?,10-,11?;;/m.1../s1. The molecule has 2 aromatic carbocycles. The van der Waals surface area contributed by atoms with E-state index in [2.05, 4.69) is 11.8 Å². The number of carbonyl (C=O) groups excluding carboxylic acids is 3. The molecule has 0 bridgehead atoms. The minimum absolute atomic E-state index is 0.00693. The lowest BCUT2D eigenvalue weighted by molar-refractivity contribution is -0.246. The Kier molecular flexibility index (Phi) is 12.7. The second-order valence-corrected chi connectivity index (χ2v) is 11.5. The van der Waals surface area contributed by atoms with Gasteiger partial charge in [-0.3, -0.25) is 14.5 Å². The van der Waals surface area contributed by atoms with Crippen LogP contribution >= 0.6 is 0 Å². The predicted octanol–water partition coefficient (Wildman–Crippen LogP) is 1.62. The van der Waals surface area contributed by atoms with Gasteiger partial charge >= 0.3 is 0 Å². The van der Waals surface area contributed by atoms with E-state index in [1.807, 2.05) is 13.8 Å². The van der Waals surface area contributed by atoms with Crippen LogP contribution in [0.4, 0.5) is 0 Å². The van der Waals surface area contributed by atoms with Crippen LogP contribution in [0.3, 0.4) is 0 Å². The largest absolute Gasteiger partial charge is 0.507 e. The molecule has 2 aromatic rings. The average molecular weight is 676 g/mol. The number of hydrogen-bond donors (Lipinski definition) is 5. The van der Waals surface area contributed by atoms with Crippen molar-refractivity contribution in [3.8, 4) is 17.2 Å². The van der Waals surface area contributed by atoms with Gasteiger partial charge in [0.2, 0.25) is 5.78 Å². The number of ketones is 2. The molecule has 3 saturated heterocycles. The molecule has 3 fully saturated rings. The number of phenolic OH excluding ortho intramolecular Hbond substituents is 2. The molecule has 48 heavy (non-hydrogen) atoms. The van der Waals surface area contributed by atoms with E-state index in [4.69, 9.17) is 33.6 Å². The third-order valence-electron chi connectivity index (χ3n) is 8.89. The van der Waals surface area contributed by atoms with Crippen LogP contribution in [0.2, 0.25) is 0 Å². The molecular weight excluding hydrogens is 630 g/mol. The molecule has 0 spiro atoms. The van der Waals surface area contributed by atoms with Crippen molar-refractivity contribution in [1.29, 1.82) is 0 Å². The SMILES string of the molecule is CC.COC1OCCN2C3CCOC(C)C3O[C@H]12.COc1cccc2c1C(=O)c1c(O)c3c(c(O)c1C2=O)CC(O)CC3O.O=CCO. The first-order valence-electron chi connectivity index (χ1n) is 16.0. The zero-order valence-corrected chi connectivity index (χ0v) is 27.7. The van der Waals surface area contributed by atoms with Gasteiger partial charge in [-0.2, -0.15) is 0 Å². The smallest absolute Gasteiger partial charge is 0.202 e. The van der Waals surface area contributed by atoms with E-state index in [9.17, 15) is 30.0 Å². The van der Waals surface area contributed by atoms with Gasteiger partial charge in [-0.05, 0) is 19.4 Å². The number of rotatable bonds is 3. The second kappa shape index (κ2) is 16.3. The number of methoxy groups -OCH3 is 2. The Hall–Kier alpha value is -3.47. The number of aliphatic hydroxyl groups excluding tert-OH is 3. The number of aldehydes is 1. The first-order chi connectivity index (χ1) is 23.1. The molecule has 0 saturated carbocycles. The molecule has 0 aromatic heterocycles. The van der Waals surface area contributed by atoms with E-state index in [0.717, 1.165) is 26.2 Å². The fourth-order valence-corrected chi connectivity index (χ4v) is 6.86. The molecule has 0 amide bonds. The Morgan fingerprint density at radius 2 is 1.69 bits per heavy atom. The fraction of sp³-hybridized carbons (Fsp3) is 0.559. The summed E-state index contributed by atoms with van der Waals surface area (Å²) in [6.45, 7) is 8.20. The van der Waals surface area contributed by atoms with Crippen LogP contribution in [0.25, 0.3) is 0 Å². The Bertz CT molecular complexity index is 1480. The molecular formula is C34H45NO13. The average Bonchev–Trinajstić information content (AvgIpc) is 3.49. The highest BCUT2D eigenvalue weighted by Crippen LogP contribution is 2.49. The van der Waals surface area contributed by atoms with E-state index >= 15 is 0 Å². The summed E-state index contributed by atoms with van der Waals surface area (Å²) in [5.41, 5.74) is -0.529. The lowest BCUT2D eigenvalue weighted by Gasteiger charge is -2.37. The van der Waals surface area contributed by atoms with Crippen LogP contribution < -0.4 is 4.74 Å². The summed E-state index contributed by atoms with van der Waals surface area (Å²) < 4.78 is 27.7. The highest BCUT2D eigenvalue weighted by molar-refractivity contribution is 6.31. The molecule has 14 nitrogen and oxygen atoms in total. The quantitative estimate of drug-likeness (QED) is 0.198. The van der Waals surface area contributed by atoms with Gasteiger partial charge in [0.05, 0.1) is 55.3 Å². The van der Waals surface area contributed by atoms with Gasteiger partial charge in [-0.15, -0.1) is 0 Å². The van der Waals surface area contributed by atoms with Crippen LogP contribution in [0.15, 0.2) is 18.2 Å². The van der Waals surface area contributed by atoms with Crippen molar-refractivity contribution in [3.05, 3.63) is 51.6 Å². The summed E-state index contributed by atoms with van der Waals surface area (Å²) in [4.78, 5) is 37.3. The summed E-state index contributed by atoms with van der Waals surface area (Å²) in [6, 6.07) is 4.99. The summed E-state index contributed by atoms with van der Waals surface area (Å²) >= 11 is 0. The zero-order chi connectivity index (χ0) is 35.3. The van der Waals surface area contributed by atoms with Crippen molar-refractivity contribution in [1.82, 2.24) is 4.90 Å². The van der Waals surface area contributed by atoms with Crippen LogP contribution in [0.1, 0.15) is 82.7 Å². The Morgan fingerprint density at radius 3 is 2.33 bits per heavy atom. The molecule has 3 aliphatic heterocycles.